The lowest BCUT2D eigenvalue weighted by Crippen LogP contribution is -2.39. The van der Waals surface area contributed by atoms with Gasteiger partial charge in [-0.2, -0.15) is 9.97 Å². The summed E-state index contributed by atoms with van der Waals surface area (Å²) in [5.74, 6) is 3.26. The van der Waals surface area contributed by atoms with E-state index < -0.39 is 0 Å². The van der Waals surface area contributed by atoms with E-state index in [0.29, 0.717) is 23.0 Å². The number of benzene rings is 1. The van der Waals surface area contributed by atoms with E-state index in [1.54, 1.807) is 0 Å². The van der Waals surface area contributed by atoms with Crippen molar-refractivity contribution in [3.63, 3.8) is 0 Å². The minimum Gasteiger partial charge on any atom is -0.356 e. The van der Waals surface area contributed by atoms with Crippen LogP contribution in [0.3, 0.4) is 0 Å². The van der Waals surface area contributed by atoms with Gasteiger partial charge in [0.2, 0.25) is 5.95 Å². The number of rotatable bonds is 5. The average Bonchev–Trinajstić information content (AvgIpc) is 2.79. The van der Waals surface area contributed by atoms with E-state index in [0.717, 1.165) is 31.3 Å². The maximum atomic E-state index is 5.62. The molecule has 0 spiro atoms. The summed E-state index contributed by atoms with van der Waals surface area (Å²) >= 11 is 5.62. The molecule has 0 amide bonds. The molecule has 2 aromatic rings. The number of anilines is 3. The second kappa shape index (κ2) is 10.5. The van der Waals surface area contributed by atoms with Gasteiger partial charge in [-0.15, -0.1) is 0 Å². The summed E-state index contributed by atoms with van der Waals surface area (Å²) < 4.78 is 0. The van der Waals surface area contributed by atoms with Gasteiger partial charge in [0.05, 0.1) is 6.04 Å². The van der Waals surface area contributed by atoms with Gasteiger partial charge in [-0.05, 0) is 69.7 Å². The lowest BCUT2D eigenvalue weighted by molar-refractivity contribution is 0.444. The molecule has 0 unspecified atom stereocenters. The van der Waals surface area contributed by atoms with Crippen molar-refractivity contribution >= 4 is 34.9 Å². The van der Waals surface area contributed by atoms with Crippen molar-refractivity contribution in [2.75, 3.05) is 34.8 Å². The zero-order chi connectivity index (χ0) is 22.5. The summed E-state index contributed by atoms with van der Waals surface area (Å²) in [6.45, 7) is 9.86. The third-order valence-corrected chi connectivity index (χ3v) is 6.87. The number of piperidine rings is 2. The van der Waals surface area contributed by atoms with Crippen molar-refractivity contribution in [1.29, 1.82) is 0 Å². The molecule has 0 bridgehead atoms. The summed E-state index contributed by atoms with van der Waals surface area (Å²) in [6.07, 6.45) is 6.20. The predicted octanol–water partition coefficient (Wildman–Crippen LogP) is 5.14. The fourth-order valence-corrected chi connectivity index (χ4v) is 5.05. The number of nitrogens with one attached hydrogen (secondary N) is 2. The van der Waals surface area contributed by atoms with Crippen LogP contribution in [0.5, 0.6) is 0 Å². The topological polar surface area (TPSA) is 56.3 Å². The molecule has 2 saturated heterocycles. The molecular weight excluding hydrogens is 416 g/mol. The molecule has 6 nitrogen and oxygen atoms in total. The van der Waals surface area contributed by atoms with Gasteiger partial charge in [0.25, 0.3) is 0 Å². The molecule has 2 aliphatic rings. The Bertz CT molecular complexity index is 905. The smallest absolute Gasteiger partial charge is 0.232 e. The minimum atomic E-state index is 0.101. The van der Waals surface area contributed by atoms with E-state index in [1.165, 1.54) is 37.7 Å². The molecule has 0 saturated carbocycles. The summed E-state index contributed by atoms with van der Waals surface area (Å²) in [4.78, 5) is 14.6. The van der Waals surface area contributed by atoms with Crippen molar-refractivity contribution in [2.45, 2.75) is 65.0 Å². The Hall–Kier alpha value is -2.41. The molecule has 1 aromatic carbocycles. The second-order valence-electron chi connectivity index (χ2n) is 9.37. The summed E-state index contributed by atoms with van der Waals surface area (Å²) in [5, 5.41) is 7.19. The lowest BCUT2D eigenvalue weighted by Gasteiger charge is -2.36. The minimum absolute atomic E-state index is 0.101. The molecule has 0 aliphatic carbocycles. The first kappa shape index (κ1) is 22.8. The van der Waals surface area contributed by atoms with Crippen molar-refractivity contribution in [3.05, 3.63) is 42.0 Å². The van der Waals surface area contributed by atoms with Crippen molar-refractivity contribution < 1.29 is 0 Å². The molecule has 7 heteroatoms. The third-order valence-electron chi connectivity index (χ3n) is 6.65. The number of hydrogen-bond donors (Lipinski definition) is 2. The van der Waals surface area contributed by atoms with Crippen LogP contribution in [0.1, 0.15) is 64.5 Å². The highest BCUT2D eigenvalue weighted by atomic mass is 32.1. The average molecular weight is 453 g/mol. The quantitative estimate of drug-likeness (QED) is 0.609. The van der Waals surface area contributed by atoms with E-state index in [1.807, 2.05) is 18.2 Å². The van der Waals surface area contributed by atoms with Crippen LogP contribution in [-0.2, 0) is 0 Å². The van der Waals surface area contributed by atoms with Crippen LogP contribution in [0.25, 0.3) is 0 Å². The Balaban J connectivity index is 1.55. The number of thiocarbonyl (C=S) groups is 1. The molecule has 2 N–H and O–H groups in total. The first-order valence-corrected chi connectivity index (χ1v) is 12.4. The Morgan fingerprint density at radius 3 is 2.56 bits per heavy atom. The van der Waals surface area contributed by atoms with E-state index in [-0.39, 0.29) is 6.04 Å². The molecule has 4 rings (SSSR count). The van der Waals surface area contributed by atoms with Crippen LogP contribution in [0, 0.1) is 5.92 Å². The fourth-order valence-electron chi connectivity index (χ4n) is 4.78. The molecule has 3 heterocycles. The van der Waals surface area contributed by atoms with Crippen LogP contribution in [0.2, 0.25) is 0 Å². The highest BCUT2D eigenvalue weighted by Gasteiger charge is 2.24. The molecule has 1 aromatic heterocycles. The summed E-state index contributed by atoms with van der Waals surface area (Å²) in [6, 6.07) is 13.1. The molecule has 32 heavy (non-hydrogen) atoms. The van der Waals surface area contributed by atoms with Gasteiger partial charge in [0, 0.05) is 31.7 Å². The Labute approximate surface area is 197 Å². The van der Waals surface area contributed by atoms with Crippen molar-refractivity contribution in [1.82, 2.24) is 15.3 Å². The van der Waals surface area contributed by atoms with Crippen LogP contribution in [-0.4, -0.2) is 40.8 Å². The van der Waals surface area contributed by atoms with Crippen molar-refractivity contribution in [3.8, 4) is 0 Å². The number of nitrogens with zero attached hydrogens (tertiary/aromatic N) is 4. The van der Waals surface area contributed by atoms with E-state index in [2.05, 4.69) is 59.4 Å². The first-order valence-electron chi connectivity index (χ1n) is 12.0. The predicted molar refractivity (Wildman–Crippen MR) is 138 cm³/mol. The van der Waals surface area contributed by atoms with Gasteiger partial charge in [0.15, 0.2) is 5.11 Å². The van der Waals surface area contributed by atoms with Crippen molar-refractivity contribution in [2.24, 2.45) is 5.92 Å². The summed E-state index contributed by atoms with van der Waals surface area (Å²) in [7, 11) is 0. The van der Waals surface area contributed by atoms with Gasteiger partial charge >= 0.3 is 0 Å². The molecule has 0 radical (unpaired) electrons. The zero-order valence-corrected chi connectivity index (χ0v) is 20.4. The van der Waals surface area contributed by atoms with Gasteiger partial charge in [-0.1, -0.05) is 37.3 Å². The fraction of sp³-hybridized carbons (Fsp3) is 0.560. The second-order valence-corrected chi connectivity index (χ2v) is 9.78. The SMILES string of the molecule is C[C@@H]1CCCN(c2cc(N3CCCC[C@H]3C)nc(NC(=S)N[C@@H](C)c3ccccc3)n2)C1. The number of hydrogen-bond acceptors (Lipinski definition) is 5. The van der Waals surface area contributed by atoms with Gasteiger partial charge < -0.3 is 20.4 Å². The molecule has 2 aliphatic heterocycles. The molecule has 172 valence electrons. The van der Waals surface area contributed by atoms with E-state index in [4.69, 9.17) is 22.2 Å². The third kappa shape index (κ3) is 5.68. The summed E-state index contributed by atoms with van der Waals surface area (Å²) in [5.41, 5.74) is 1.19. The Kier molecular flexibility index (Phi) is 7.45. The Morgan fingerprint density at radius 2 is 1.81 bits per heavy atom. The van der Waals surface area contributed by atoms with E-state index in [9.17, 15) is 0 Å². The maximum absolute atomic E-state index is 5.62. The first-order chi connectivity index (χ1) is 15.5. The largest absolute Gasteiger partial charge is 0.356 e. The van der Waals surface area contributed by atoms with Gasteiger partial charge in [0.1, 0.15) is 11.6 Å². The maximum Gasteiger partial charge on any atom is 0.232 e. The number of aromatic nitrogens is 2. The van der Waals surface area contributed by atoms with Crippen LogP contribution in [0.15, 0.2) is 36.4 Å². The molecular formula is C25H36N6S. The standard InChI is InChI=1S/C25H36N6S/c1-18-10-9-14-30(17-18)22-16-23(31-15-8-7-11-19(31)2)28-24(27-22)29-25(32)26-20(3)21-12-5-4-6-13-21/h4-6,12-13,16,18-20H,7-11,14-15,17H2,1-3H3,(H2,26,27,28,29,32)/t18-,19-,20+/m1/s1. The molecule has 3 atom stereocenters. The van der Waals surface area contributed by atoms with Gasteiger partial charge in [-0.3, -0.25) is 0 Å². The van der Waals surface area contributed by atoms with Crippen LogP contribution >= 0.6 is 12.2 Å². The normalized spacial score (nSPS) is 22.3. The monoisotopic (exact) mass is 452 g/mol. The lowest BCUT2D eigenvalue weighted by atomic mass is 10.0. The molecule has 2 fully saturated rings. The highest BCUT2D eigenvalue weighted by Crippen LogP contribution is 2.29. The van der Waals surface area contributed by atoms with Gasteiger partial charge in [-0.25, -0.2) is 0 Å². The van der Waals surface area contributed by atoms with E-state index >= 15 is 0 Å². The highest BCUT2D eigenvalue weighted by molar-refractivity contribution is 7.80. The zero-order valence-electron chi connectivity index (χ0n) is 19.6. The van der Waals surface area contributed by atoms with Crippen LogP contribution in [0.4, 0.5) is 17.6 Å². The van der Waals surface area contributed by atoms with Crippen LogP contribution < -0.4 is 20.4 Å². The Morgan fingerprint density at radius 1 is 1.03 bits per heavy atom.